The molecular weight excluding hydrogens is 634 g/mol. The zero-order valence-electron chi connectivity index (χ0n) is 18.5. The first-order chi connectivity index (χ1) is 16.8. The van der Waals surface area contributed by atoms with Crippen LogP contribution in [0.4, 0.5) is 0 Å². The number of rotatable bonds is 10. The Morgan fingerprint density at radius 2 is 0.703 bits per heavy atom. The Labute approximate surface area is 212 Å². The summed E-state index contributed by atoms with van der Waals surface area (Å²) in [5.41, 5.74) is 0. The van der Waals surface area contributed by atoms with Crippen molar-refractivity contribution in [1.29, 1.82) is 0 Å². The maximum Gasteiger partial charge on any atom is 0.343 e. The molecule has 0 aromatic carbocycles. The van der Waals surface area contributed by atoms with E-state index < -0.39 is 135 Å². The zero-order chi connectivity index (χ0) is 27.3. The highest BCUT2D eigenvalue weighted by Gasteiger charge is 2.50. The average Bonchev–Trinajstić information content (AvgIpc) is 3.42. The molecule has 4 atom stereocenters. The van der Waals surface area contributed by atoms with E-state index in [1.54, 1.807) is 0 Å². The van der Waals surface area contributed by atoms with E-state index in [1.807, 2.05) is 0 Å². The summed E-state index contributed by atoms with van der Waals surface area (Å²) in [7, 11) is -25.8. The van der Waals surface area contributed by atoms with Gasteiger partial charge in [-0.15, -0.1) is 0 Å². The Balaban J connectivity index is 1.60. The van der Waals surface area contributed by atoms with Crippen LogP contribution in [0.5, 0.6) is 0 Å². The normalized spacial score (nSPS) is 37.2. The summed E-state index contributed by atoms with van der Waals surface area (Å²) in [6.07, 6.45) is -5.58. The molecule has 216 valence electrons. The highest BCUT2D eigenvalue weighted by molar-refractivity contribution is 7.87. The third kappa shape index (κ3) is 8.46. The fourth-order valence-electron chi connectivity index (χ4n) is 3.56. The third-order valence-corrected chi connectivity index (χ3v) is 15.2. The molecule has 0 radical (unpaired) electrons. The van der Waals surface area contributed by atoms with Crippen LogP contribution in [0.1, 0.15) is 0 Å². The summed E-state index contributed by atoms with van der Waals surface area (Å²) < 4.78 is 160. The summed E-state index contributed by atoms with van der Waals surface area (Å²) in [5, 5.41) is 0. The molecule has 0 bridgehead atoms. The van der Waals surface area contributed by atoms with Crippen molar-refractivity contribution in [3.63, 3.8) is 0 Å². The Kier molecular flexibility index (Phi) is 8.41. The molecule has 4 rings (SSSR count). The van der Waals surface area contributed by atoms with Crippen LogP contribution in [-0.4, -0.2) is 113 Å². The second kappa shape index (κ2) is 10.4. The molecule has 4 aliphatic rings. The first kappa shape index (κ1) is 29.9. The minimum Gasteiger partial charge on any atom is -0.301 e. The third-order valence-electron chi connectivity index (χ3n) is 4.88. The minimum absolute atomic E-state index is 0.593. The molecular formula is C13H22O18P2S4. The van der Waals surface area contributed by atoms with Gasteiger partial charge in [0, 0.05) is 0 Å². The predicted molar refractivity (Wildman–Crippen MR) is 119 cm³/mol. The molecule has 0 N–H and O–H groups in total. The number of hydrogen-bond acceptors (Lipinski definition) is 18. The van der Waals surface area contributed by atoms with Gasteiger partial charge >= 0.3 is 15.2 Å². The van der Waals surface area contributed by atoms with Crippen LogP contribution in [-0.2, 0) is 84.4 Å². The van der Waals surface area contributed by atoms with Crippen molar-refractivity contribution in [3.8, 4) is 0 Å². The molecule has 18 nitrogen and oxygen atoms in total. The predicted octanol–water partition coefficient (Wildman–Crippen LogP) is -1.69. The van der Waals surface area contributed by atoms with Crippen molar-refractivity contribution in [2.24, 2.45) is 0 Å². The van der Waals surface area contributed by atoms with E-state index in [0.717, 1.165) is 0 Å². The molecule has 4 fully saturated rings. The van der Waals surface area contributed by atoms with Gasteiger partial charge in [0.05, 0.1) is 26.4 Å². The van der Waals surface area contributed by atoms with E-state index in [9.17, 15) is 42.8 Å². The van der Waals surface area contributed by atoms with Crippen LogP contribution in [0.3, 0.4) is 0 Å². The van der Waals surface area contributed by atoms with Crippen molar-refractivity contribution in [2.45, 2.75) is 24.4 Å². The van der Waals surface area contributed by atoms with Gasteiger partial charge in [0.1, 0.15) is 47.4 Å². The lowest BCUT2D eigenvalue weighted by atomic mass is 10.5. The Bertz CT molecular complexity index is 1210. The smallest absolute Gasteiger partial charge is 0.301 e. The Hall–Kier alpha value is -0.0600. The van der Waals surface area contributed by atoms with Crippen molar-refractivity contribution in [1.82, 2.24) is 0 Å². The summed E-state index contributed by atoms with van der Waals surface area (Å²) in [6.45, 7) is -2.37. The van der Waals surface area contributed by atoms with Gasteiger partial charge in [-0.1, -0.05) is 0 Å². The van der Waals surface area contributed by atoms with E-state index in [4.69, 9.17) is 18.1 Å². The molecule has 4 aliphatic heterocycles. The second-order valence-electron chi connectivity index (χ2n) is 8.31. The first-order valence-corrected chi connectivity index (χ1v) is 20.0. The van der Waals surface area contributed by atoms with Crippen LogP contribution >= 0.6 is 15.2 Å². The monoisotopic (exact) mass is 656 g/mol. The van der Waals surface area contributed by atoms with E-state index in [2.05, 4.69) is 16.7 Å². The maximum atomic E-state index is 13.8. The van der Waals surface area contributed by atoms with Crippen molar-refractivity contribution >= 4 is 55.7 Å². The fraction of sp³-hybridized carbons (Fsp3) is 1.00. The van der Waals surface area contributed by atoms with Crippen LogP contribution < -0.4 is 0 Å². The highest BCUT2D eigenvalue weighted by Crippen LogP contribution is 2.66. The van der Waals surface area contributed by atoms with Gasteiger partial charge in [0.2, 0.25) is 0 Å². The van der Waals surface area contributed by atoms with Crippen molar-refractivity contribution < 1.29 is 77.6 Å². The summed E-state index contributed by atoms with van der Waals surface area (Å²) in [6, 6.07) is 0. The van der Waals surface area contributed by atoms with Gasteiger partial charge in [-0.25, -0.2) is 0 Å². The van der Waals surface area contributed by atoms with E-state index in [0.29, 0.717) is 0 Å². The number of hydrogen-bond donors (Lipinski definition) is 0. The van der Waals surface area contributed by atoms with Crippen molar-refractivity contribution in [2.75, 3.05) is 55.3 Å². The quantitative estimate of drug-likeness (QED) is 0.188. The van der Waals surface area contributed by atoms with Crippen LogP contribution in [0.25, 0.3) is 0 Å². The summed E-state index contributed by atoms with van der Waals surface area (Å²) in [5.74, 6) is -4.35. The SMILES string of the molecule is O=P(CP(=O)(OC1COS(=O)(=O)C1)OC1COS(=O)(=O)C1)(OC1COS(=O)(=O)C1)OC1COS(=O)(=O)C1. The second-order valence-corrected chi connectivity index (χ2v) is 19.5. The standard InChI is InChI=1S/C13H22O18P2S4/c14-32(28-10-1-24-34(16,17)5-10,29-11-2-25-35(18,19)6-11)9-33(15,30-12-3-26-36(20,21)7-12)31-13-4-27-37(22,23)8-13/h10-13H,1-9H2. The first-order valence-electron chi connectivity index (χ1n) is 10.2. The fourth-order valence-corrected chi connectivity index (χ4v) is 13.5. The van der Waals surface area contributed by atoms with Gasteiger partial charge in [-0.2, -0.15) is 33.7 Å². The molecule has 0 spiro atoms. The van der Waals surface area contributed by atoms with E-state index >= 15 is 0 Å². The Morgan fingerprint density at radius 1 is 0.486 bits per heavy atom. The largest absolute Gasteiger partial charge is 0.343 e. The minimum atomic E-state index is -4.81. The summed E-state index contributed by atoms with van der Waals surface area (Å²) >= 11 is 0. The van der Waals surface area contributed by atoms with Gasteiger partial charge in [-0.05, 0) is 0 Å². The molecule has 4 saturated heterocycles. The molecule has 0 amide bonds. The van der Waals surface area contributed by atoms with Crippen molar-refractivity contribution in [3.05, 3.63) is 0 Å². The molecule has 24 heteroatoms. The molecule has 4 heterocycles. The molecule has 0 aliphatic carbocycles. The van der Waals surface area contributed by atoms with Gasteiger partial charge in [0.15, 0.2) is 5.90 Å². The van der Waals surface area contributed by atoms with E-state index in [1.165, 1.54) is 0 Å². The summed E-state index contributed by atoms with van der Waals surface area (Å²) in [4.78, 5) is 0. The molecule has 37 heavy (non-hydrogen) atoms. The van der Waals surface area contributed by atoms with Crippen LogP contribution in [0.2, 0.25) is 0 Å². The zero-order valence-corrected chi connectivity index (χ0v) is 23.6. The van der Waals surface area contributed by atoms with Crippen LogP contribution in [0.15, 0.2) is 0 Å². The van der Waals surface area contributed by atoms with Gasteiger partial charge in [-0.3, -0.25) is 25.9 Å². The molecule has 0 aromatic rings. The molecule has 0 saturated carbocycles. The molecule has 0 aromatic heterocycles. The lowest BCUT2D eigenvalue weighted by Crippen LogP contribution is -2.25. The van der Waals surface area contributed by atoms with Gasteiger partial charge in [0.25, 0.3) is 40.5 Å². The highest BCUT2D eigenvalue weighted by atomic mass is 32.2. The lowest BCUT2D eigenvalue weighted by Gasteiger charge is -2.28. The topological polar surface area (TPSA) is 245 Å². The Morgan fingerprint density at radius 3 is 0.865 bits per heavy atom. The van der Waals surface area contributed by atoms with Gasteiger partial charge < -0.3 is 18.1 Å². The molecule has 4 unspecified atom stereocenters. The van der Waals surface area contributed by atoms with Crippen LogP contribution in [0, 0.1) is 0 Å². The van der Waals surface area contributed by atoms with E-state index in [-0.39, 0.29) is 0 Å². The lowest BCUT2D eigenvalue weighted by molar-refractivity contribution is 0.0950. The average molecular weight is 657 g/mol. The maximum absolute atomic E-state index is 13.8.